The molecule has 6 saturated carbocycles. The summed E-state index contributed by atoms with van der Waals surface area (Å²) in [4.78, 5) is 0. The van der Waals surface area contributed by atoms with Crippen molar-refractivity contribution >= 4 is 0 Å². The Labute approximate surface area is 154 Å². The Bertz CT molecular complexity index is 628. The predicted molar refractivity (Wildman–Crippen MR) is 101 cm³/mol. The van der Waals surface area contributed by atoms with Gasteiger partial charge in [-0.2, -0.15) is 0 Å². The number of imidazole rings is 1. The lowest BCUT2D eigenvalue weighted by Crippen LogP contribution is -2.60. The van der Waals surface area contributed by atoms with E-state index in [4.69, 9.17) is 0 Å². The Morgan fingerprint density at radius 1 is 0.840 bits per heavy atom. The maximum absolute atomic E-state index is 2.58. The predicted octanol–water partition coefficient (Wildman–Crippen LogP) is 5.26. The second kappa shape index (κ2) is 4.93. The van der Waals surface area contributed by atoms with Gasteiger partial charge in [0, 0.05) is 11.8 Å². The van der Waals surface area contributed by atoms with E-state index in [1.807, 2.05) is 0 Å². The van der Waals surface area contributed by atoms with Crippen molar-refractivity contribution < 1.29 is 4.57 Å². The smallest absolute Gasteiger partial charge is 0.234 e. The normalized spacial score (nSPS) is 49.2. The van der Waals surface area contributed by atoms with Crippen molar-refractivity contribution in [1.29, 1.82) is 0 Å². The summed E-state index contributed by atoms with van der Waals surface area (Å²) in [5.41, 5.74) is 1.17. The van der Waals surface area contributed by atoms with E-state index in [0.717, 1.165) is 47.6 Å². The summed E-state index contributed by atoms with van der Waals surface area (Å²) in [5.74, 6) is 5.37. The SMILES string of the molecule is C[C@H]1[C@H](n2cc[n+]([C@@H]3C[C@@H]4C[C@H]([C@H]3C)C4(C)C)c2)C[C@@H]2C[C@H]1C2(C)C. The summed E-state index contributed by atoms with van der Waals surface area (Å²) >= 11 is 0. The van der Waals surface area contributed by atoms with Crippen LogP contribution in [0.3, 0.4) is 0 Å². The number of rotatable bonds is 2. The second-order valence-corrected chi connectivity index (χ2v) is 11.4. The standard InChI is InChI=1S/C23H37N2/c1-14-18-9-16(22(18,3)4)11-20(14)24-7-8-25(13-24)21-12-17-10-19(15(21)2)23(17,5)6/h7-8,13-21H,9-12H2,1-6H3/q+1/t14-,15-,16+,17+,18-,19-,20-,21-/m1/s1. The lowest BCUT2D eigenvalue weighted by Gasteiger charge is -2.61. The molecule has 4 bridgehead atoms. The molecule has 0 aromatic carbocycles. The molecule has 6 aliphatic rings. The molecule has 2 nitrogen and oxygen atoms in total. The molecule has 8 atom stereocenters. The quantitative estimate of drug-likeness (QED) is 0.649. The summed E-state index contributed by atoms with van der Waals surface area (Å²) in [7, 11) is 0. The Hall–Kier alpha value is -0.790. The van der Waals surface area contributed by atoms with Gasteiger partial charge in [-0.05, 0) is 60.2 Å². The van der Waals surface area contributed by atoms with Gasteiger partial charge in [0.1, 0.15) is 24.5 Å². The van der Waals surface area contributed by atoms with E-state index in [9.17, 15) is 0 Å². The highest BCUT2D eigenvalue weighted by atomic mass is 15.2. The molecule has 0 amide bonds. The minimum atomic E-state index is 0.587. The summed E-state index contributed by atoms with van der Waals surface area (Å²) in [6.45, 7) is 15.0. The van der Waals surface area contributed by atoms with Gasteiger partial charge in [-0.15, -0.1) is 0 Å². The molecular formula is C23H37N2+. The van der Waals surface area contributed by atoms with Crippen LogP contribution in [0.4, 0.5) is 0 Å². The van der Waals surface area contributed by atoms with E-state index in [2.05, 4.69) is 69.4 Å². The van der Waals surface area contributed by atoms with Crippen molar-refractivity contribution in [2.45, 2.75) is 79.3 Å². The summed E-state index contributed by atoms with van der Waals surface area (Å²) in [5, 5.41) is 0. The van der Waals surface area contributed by atoms with E-state index < -0.39 is 0 Å². The molecule has 0 N–H and O–H groups in total. The summed E-state index contributed by atoms with van der Waals surface area (Å²) in [6.07, 6.45) is 13.0. The van der Waals surface area contributed by atoms with Crippen LogP contribution in [0.15, 0.2) is 18.7 Å². The number of hydrogen-bond acceptors (Lipinski definition) is 0. The first kappa shape index (κ1) is 16.4. The third-order valence-electron chi connectivity index (χ3n) is 10.1. The van der Waals surface area contributed by atoms with Crippen LogP contribution in [0.1, 0.15) is 79.3 Å². The highest BCUT2D eigenvalue weighted by Gasteiger charge is 2.59. The molecule has 0 aliphatic heterocycles. The van der Waals surface area contributed by atoms with Crippen molar-refractivity contribution in [3.63, 3.8) is 0 Å². The van der Waals surface area contributed by atoms with Crippen LogP contribution in [-0.4, -0.2) is 4.57 Å². The van der Waals surface area contributed by atoms with Gasteiger partial charge < -0.3 is 0 Å². The lowest BCUT2D eigenvalue weighted by atomic mass is 9.44. The van der Waals surface area contributed by atoms with Gasteiger partial charge in [-0.3, -0.25) is 0 Å². The lowest BCUT2D eigenvalue weighted by molar-refractivity contribution is -0.738. The summed E-state index contributed by atoms with van der Waals surface area (Å²) < 4.78 is 5.16. The van der Waals surface area contributed by atoms with Crippen molar-refractivity contribution in [2.75, 3.05) is 0 Å². The Kier molecular flexibility index (Phi) is 3.23. The Morgan fingerprint density at radius 3 is 2.00 bits per heavy atom. The molecule has 1 aromatic rings. The molecule has 1 heterocycles. The van der Waals surface area contributed by atoms with Gasteiger partial charge in [0.25, 0.3) is 0 Å². The maximum atomic E-state index is 2.58. The fourth-order valence-electron chi connectivity index (χ4n) is 7.81. The van der Waals surface area contributed by atoms with Crippen LogP contribution in [0.2, 0.25) is 0 Å². The molecule has 6 fully saturated rings. The van der Waals surface area contributed by atoms with Gasteiger partial charge in [0.15, 0.2) is 0 Å². The van der Waals surface area contributed by atoms with Crippen LogP contribution in [0.5, 0.6) is 0 Å². The average molecular weight is 342 g/mol. The second-order valence-electron chi connectivity index (χ2n) is 11.4. The van der Waals surface area contributed by atoms with E-state index >= 15 is 0 Å². The van der Waals surface area contributed by atoms with E-state index in [-0.39, 0.29) is 0 Å². The van der Waals surface area contributed by atoms with E-state index in [1.54, 1.807) is 0 Å². The highest BCUT2D eigenvalue weighted by Crippen LogP contribution is 2.64. The zero-order valence-corrected chi connectivity index (χ0v) is 17.1. The molecule has 0 radical (unpaired) electrons. The first-order valence-corrected chi connectivity index (χ1v) is 10.8. The zero-order chi connectivity index (χ0) is 17.7. The van der Waals surface area contributed by atoms with Crippen LogP contribution in [0, 0.1) is 46.3 Å². The Balaban J connectivity index is 1.35. The average Bonchev–Trinajstić information content (AvgIpc) is 3.03. The molecule has 1 aromatic heterocycles. The zero-order valence-electron chi connectivity index (χ0n) is 17.1. The number of fused-ring (bicyclic) bond motifs is 4. The fourth-order valence-corrected chi connectivity index (χ4v) is 7.81. The van der Waals surface area contributed by atoms with Crippen molar-refractivity contribution in [3.05, 3.63) is 18.7 Å². The summed E-state index contributed by atoms with van der Waals surface area (Å²) in [6, 6.07) is 1.45. The Morgan fingerprint density at radius 2 is 1.44 bits per heavy atom. The van der Waals surface area contributed by atoms with E-state index in [1.165, 1.54) is 25.7 Å². The van der Waals surface area contributed by atoms with Crippen LogP contribution in [0.25, 0.3) is 0 Å². The van der Waals surface area contributed by atoms with Gasteiger partial charge >= 0.3 is 0 Å². The molecule has 7 rings (SSSR count). The topological polar surface area (TPSA) is 8.81 Å². The first-order chi connectivity index (χ1) is 11.7. The number of nitrogens with zero attached hydrogens (tertiary/aromatic N) is 2. The highest BCUT2D eigenvalue weighted by molar-refractivity contribution is 5.07. The van der Waals surface area contributed by atoms with Crippen molar-refractivity contribution in [1.82, 2.24) is 4.57 Å². The van der Waals surface area contributed by atoms with Crippen molar-refractivity contribution in [3.8, 4) is 0 Å². The molecule has 25 heavy (non-hydrogen) atoms. The third-order valence-corrected chi connectivity index (χ3v) is 10.1. The monoisotopic (exact) mass is 341 g/mol. The van der Waals surface area contributed by atoms with Crippen LogP contribution < -0.4 is 4.57 Å². The molecule has 0 saturated heterocycles. The van der Waals surface area contributed by atoms with Gasteiger partial charge in [0.05, 0.1) is 0 Å². The molecule has 138 valence electrons. The first-order valence-electron chi connectivity index (χ1n) is 10.8. The van der Waals surface area contributed by atoms with Crippen molar-refractivity contribution in [2.24, 2.45) is 46.3 Å². The van der Waals surface area contributed by atoms with E-state index in [0.29, 0.717) is 10.8 Å². The van der Waals surface area contributed by atoms with Crippen LogP contribution >= 0.6 is 0 Å². The maximum Gasteiger partial charge on any atom is 0.244 e. The molecule has 0 spiro atoms. The largest absolute Gasteiger partial charge is 0.244 e. The van der Waals surface area contributed by atoms with Crippen LogP contribution in [-0.2, 0) is 0 Å². The number of aromatic nitrogens is 2. The fraction of sp³-hybridized carbons (Fsp3) is 0.870. The van der Waals surface area contributed by atoms with Gasteiger partial charge in [0.2, 0.25) is 6.33 Å². The number of hydrogen-bond donors (Lipinski definition) is 0. The molecule has 6 aliphatic carbocycles. The molecular weight excluding hydrogens is 304 g/mol. The third kappa shape index (κ3) is 2.00. The molecule has 0 unspecified atom stereocenters. The van der Waals surface area contributed by atoms with Gasteiger partial charge in [-0.1, -0.05) is 41.5 Å². The minimum absolute atomic E-state index is 0.587. The molecule has 2 heteroatoms. The van der Waals surface area contributed by atoms with Gasteiger partial charge in [-0.25, -0.2) is 9.13 Å². The minimum Gasteiger partial charge on any atom is -0.234 e.